The van der Waals surface area contributed by atoms with Crippen molar-refractivity contribution in [1.29, 1.82) is 0 Å². The lowest BCUT2D eigenvalue weighted by atomic mass is 10.0. The zero-order valence-corrected chi connectivity index (χ0v) is 17.1. The van der Waals surface area contributed by atoms with Crippen molar-refractivity contribution in [3.05, 3.63) is 24.5 Å². The maximum absolute atomic E-state index is 13.0. The van der Waals surface area contributed by atoms with Crippen LogP contribution in [0, 0.1) is 0 Å². The molecule has 0 saturated heterocycles. The largest absolute Gasteiger partial charge is 0.363 e. The van der Waals surface area contributed by atoms with Crippen molar-refractivity contribution in [2.45, 2.75) is 51.1 Å². The van der Waals surface area contributed by atoms with E-state index in [9.17, 15) is 4.79 Å². The van der Waals surface area contributed by atoms with E-state index in [1.165, 1.54) is 12.8 Å². The predicted molar refractivity (Wildman–Crippen MR) is 112 cm³/mol. The Bertz CT molecular complexity index is 877. The minimum Gasteiger partial charge on any atom is -0.363 e. The summed E-state index contributed by atoms with van der Waals surface area (Å²) in [6.07, 6.45) is 9.01. The Morgan fingerprint density at radius 3 is 2.64 bits per heavy atom. The average molecular weight is 380 g/mol. The first-order chi connectivity index (χ1) is 13.5. The molecule has 7 nitrogen and oxygen atoms in total. The van der Waals surface area contributed by atoms with Crippen molar-refractivity contribution >= 4 is 23.2 Å². The van der Waals surface area contributed by atoms with Gasteiger partial charge in [0.05, 0.1) is 6.20 Å². The highest BCUT2D eigenvalue weighted by Crippen LogP contribution is 2.40. The summed E-state index contributed by atoms with van der Waals surface area (Å²) in [5, 5.41) is 0. The zero-order chi connectivity index (χ0) is 19.8. The number of amides is 1. The van der Waals surface area contributed by atoms with Crippen molar-refractivity contribution in [1.82, 2.24) is 15.0 Å². The molecule has 0 spiro atoms. The number of rotatable bonds is 4. The lowest BCUT2D eigenvalue weighted by Gasteiger charge is -2.43. The minimum atomic E-state index is -0.155. The van der Waals surface area contributed by atoms with Crippen molar-refractivity contribution in [3.63, 3.8) is 0 Å². The summed E-state index contributed by atoms with van der Waals surface area (Å²) in [7, 11) is 5.76. The molecule has 1 fully saturated rings. The number of carbonyl (C=O) groups is 1. The van der Waals surface area contributed by atoms with Gasteiger partial charge in [-0.25, -0.2) is 15.0 Å². The highest BCUT2D eigenvalue weighted by molar-refractivity contribution is 6.04. The quantitative estimate of drug-likeness (QED) is 0.812. The van der Waals surface area contributed by atoms with Gasteiger partial charge in [-0.3, -0.25) is 4.79 Å². The third-order valence-corrected chi connectivity index (χ3v) is 5.87. The van der Waals surface area contributed by atoms with Crippen molar-refractivity contribution in [2.75, 3.05) is 35.8 Å². The van der Waals surface area contributed by atoms with Crippen LogP contribution in [0.15, 0.2) is 24.5 Å². The summed E-state index contributed by atoms with van der Waals surface area (Å²) < 4.78 is 0. The monoisotopic (exact) mass is 380 g/mol. The summed E-state index contributed by atoms with van der Waals surface area (Å²) in [5.41, 5.74) is 1.73. The van der Waals surface area contributed by atoms with E-state index in [-0.39, 0.29) is 11.9 Å². The van der Waals surface area contributed by atoms with E-state index in [1.807, 2.05) is 38.2 Å². The highest BCUT2D eigenvalue weighted by Gasteiger charge is 2.41. The molecular weight excluding hydrogens is 352 g/mol. The summed E-state index contributed by atoms with van der Waals surface area (Å²) in [6, 6.07) is 4.15. The summed E-state index contributed by atoms with van der Waals surface area (Å²) >= 11 is 0. The maximum atomic E-state index is 13.0. The summed E-state index contributed by atoms with van der Waals surface area (Å²) in [6.45, 7) is 2.08. The molecule has 1 saturated carbocycles. The second-order valence-corrected chi connectivity index (χ2v) is 7.87. The van der Waals surface area contributed by atoms with Gasteiger partial charge >= 0.3 is 0 Å². The number of pyridine rings is 1. The average Bonchev–Trinajstić information content (AvgIpc) is 3.24. The fraction of sp³-hybridized carbons (Fsp3) is 0.524. The maximum Gasteiger partial charge on any atom is 0.249 e. The van der Waals surface area contributed by atoms with E-state index in [0.29, 0.717) is 11.9 Å². The third-order valence-electron chi connectivity index (χ3n) is 5.87. The Hall–Kier alpha value is -2.70. The molecule has 7 heteroatoms. The molecule has 2 aliphatic rings. The molecule has 0 N–H and O–H groups in total. The number of hydrogen-bond acceptors (Lipinski definition) is 6. The second kappa shape index (κ2) is 7.37. The fourth-order valence-electron chi connectivity index (χ4n) is 4.32. The Labute approximate surface area is 166 Å². The van der Waals surface area contributed by atoms with Gasteiger partial charge in [0.15, 0.2) is 11.6 Å². The van der Waals surface area contributed by atoms with Crippen molar-refractivity contribution < 1.29 is 4.79 Å². The number of anilines is 3. The molecule has 0 aromatic carbocycles. The number of likely N-dealkylation sites (N-methyl/N-ethyl adjacent to an activating group) is 1. The number of nitrogens with zero attached hydrogens (tertiary/aromatic N) is 6. The molecular formula is C21H28N6O. The van der Waals surface area contributed by atoms with E-state index < -0.39 is 0 Å². The normalized spacial score (nSPS) is 19.9. The lowest BCUT2D eigenvalue weighted by molar-refractivity contribution is -0.120. The van der Waals surface area contributed by atoms with Crippen LogP contribution in [-0.4, -0.2) is 54.1 Å². The van der Waals surface area contributed by atoms with Crippen LogP contribution in [0.4, 0.5) is 17.3 Å². The van der Waals surface area contributed by atoms with Crippen LogP contribution >= 0.6 is 0 Å². The Morgan fingerprint density at radius 1 is 1.21 bits per heavy atom. The highest BCUT2D eigenvalue weighted by atomic mass is 16.2. The van der Waals surface area contributed by atoms with Gasteiger partial charge in [0.1, 0.15) is 17.5 Å². The van der Waals surface area contributed by atoms with Crippen LogP contribution in [0.5, 0.6) is 0 Å². The number of hydrogen-bond donors (Lipinski definition) is 0. The molecule has 0 radical (unpaired) electrons. The fourth-order valence-corrected chi connectivity index (χ4v) is 4.32. The van der Waals surface area contributed by atoms with Gasteiger partial charge in [0.2, 0.25) is 5.91 Å². The third kappa shape index (κ3) is 3.08. The van der Waals surface area contributed by atoms with Gasteiger partial charge in [-0.05, 0) is 31.4 Å². The molecule has 4 rings (SSSR count). The molecule has 148 valence electrons. The van der Waals surface area contributed by atoms with Gasteiger partial charge in [-0.15, -0.1) is 0 Å². The van der Waals surface area contributed by atoms with Gasteiger partial charge in [-0.1, -0.05) is 19.8 Å². The Kier molecular flexibility index (Phi) is 4.91. The molecule has 1 amide bonds. The number of carbonyl (C=O) groups excluding carboxylic acids is 1. The SMILES string of the molecule is CCC1C(=O)N(C)c2cnc(-c3ccnc(N(C)C)c3)nc2N1C1CCCC1. The van der Waals surface area contributed by atoms with Crippen LogP contribution in [0.1, 0.15) is 39.0 Å². The molecule has 3 heterocycles. The number of aromatic nitrogens is 3. The standard InChI is InChI=1S/C21H28N6O/c1-5-16-21(28)26(4)17-13-23-19(14-10-11-22-18(12-14)25(2)3)24-20(17)27(16)15-8-6-7-9-15/h10-13,15-16H,5-9H2,1-4H3. The molecule has 2 aromatic rings. The first-order valence-corrected chi connectivity index (χ1v) is 10.1. The first-order valence-electron chi connectivity index (χ1n) is 10.1. The van der Waals surface area contributed by atoms with Crippen molar-refractivity contribution in [3.8, 4) is 11.4 Å². The van der Waals surface area contributed by atoms with Gasteiger partial charge < -0.3 is 14.7 Å². The van der Waals surface area contributed by atoms with Crippen LogP contribution in [0.3, 0.4) is 0 Å². The Balaban J connectivity index is 1.82. The topological polar surface area (TPSA) is 65.5 Å². The van der Waals surface area contributed by atoms with Gasteiger partial charge in [-0.2, -0.15) is 0 Å². The summed E-state index contributed by atoms with van der Waals surface area (Å²) in [5.74, 6) is 2.56. The first kappa shape index (κ1) is 18.7. The van der Waals surface area contributed by atoms with E-state index in [1.54, 1.807) is 17.3 Å². The molecule has 2 aromatic heterocycles. The second-order valence-electron chi connectivity index (χ2n) is 7.87. The van der Waals surface area contributed by atoms with E-state index in [2.05, 4.69) is 21.8 Å². The van der Waals surface area contributed by atoms with E-state index in [0.717, 1.165) is 42.1 Å². The van der Waals surface area contributed by atoms with Gasteiger partial charge in [0.25, 0.3) is 0 Å². The molecule has 1 unspecified atom stereocenters. The molecule has 1 aliphatic carbocycles. The lowest BCUT2D eigenvalue weighted by Crippen LogP contribution is -2.55. The zero-order valence-electron chi connectivity index (χ0n) is 17.1. The summed E-state index contributed by atoms with van der Waals surface area (Å²) in [4.78, 5) is 32.9. The smallest absolute Gasteiger partial charge is 0.249 e. The predicted octanol–water partition coefficient (Wildman–Crippen LogP) is 3.11. The van der Waals surface area contributed by atoms with Crippen LogP contribution in [0.25, 0.3) is 11.4 Å². The molecule has 0 bridgehead atoms. The van der Waals surface area contributed by atoms with Crippen molar-refractivity contribution in [2.24, 2.45) is 0 Å². The minimum absolute atomic E-state index is 0.136. The van der Waals surface area contributed by atoms with E-state index in [4.69, 9.17) is 4.98 Å². The van der Waals surface area contributed by atoms with Crippen LogP contribution in [0.2, 0.25) is 0 Å². The Morgan fingerprint density at radius 2 is 1.96 bits per heavy atom. The number of fused-ring (bicyclic) bond motifs is 1. The van der Waals surface area contributed by atoms with Gasteiger partial charge in [0, 0.05) is 38.9 Å². The molecule has 1 atom stereocenters. The van der Waals surface area contributed by atoms with E-state index >= 15 is 0 Å². The molecule has 1 aliphatic heterocycles. The molecule has 28 heavy (non-hydrogen) atoms. The van der Waals surface area contributed by atoms with Crippen LogP contribution in [-0.2, 0) is 4.79 Å². The van der Waals surface area contributed by atoms with Crippen LogP contribution < -0.4 is 14.7 Å².